The van der Waals surface area contributed by atoms with Gasteiger partial charge in [0.2, 0.25) is 5.82 Å². The molecule has 0 fully saturated rings. The lowest BCUT2D eigenvalue weighted by atomic mass is 10.1. The van der Waals surface area contributed by atoms with Crippen LogP contribution >= 0.6 is 0 Å². The number of ether oxygens (including phenoxy) is 1. The summed E-state index contributed by atoms with van der Waals surface area (Å²) in [5, 5.41) is 0. The molecule has 2 N–H and O–H groups in total. The number of hydrogen-bond acceptors (Lipinski definition) is 4. The molecule has 5 nitrogen and oxygen atoms in total. The van der Waals surface area contributed by atoms with Crippen LogP contribution in [0.1, 0.15) is 21.9 Å². The molecule has 2 rings (SSSR count). The molecule has 2 aromatic rings. The molecule has 0 aliphatic heterocycles. The summed E-state index contributed by atoms with van der Waals surface area (Å²) in [4.78, 5) is 19.4. The Balaban J connectivity index is 2.52. The minimum Gasteiger partial charge on any atom is -0.496 e. The zero-order valence-electron chi connectivity index (χ0n) is 11.1. The van der Waals surface area contributed by atoms with Crippen LogP contribution in [0.25, 0.3) is 11.3 Å². The monoisotopic (exact) mass is 257 g/mol. The van der Waals surface area contributed by atoms with E-state index in [0.29, 0.717) is 11.4 Å². The fourth-order valence-electron chi connectivity index (χ4n) is 1.86. The van der Waals surface area contributed by atoms with Crippen molar-refractivity contribution in [2.45, 2.75) is 13.8 Å². The predicted molar refractivity (Wildman–Crippen MR) is 72.0 cm³/mol. The summed E-state index contributed by atoms with van der Waals surface area (Å²) in [5.74, 6) is 0.211. The molecule has 0 spiro atoms. The summed E-state index contributed by atoms with van der Waals surface area (Å²) in [7, 11) is 1.63. The zero-order chi connectivity index (χ0) is 14.0. The molecule has 1 aromatic carbocycles. The standard InChI is InChI=1S/C14H15N3O2/c1-8-6-10(4-5-12(8)19-3)11-7-9(2)16-14(17-11)13(15)18/h4-7H,1-3H3,(H2,15,18). The minimum absolute atomic E-state index is 0.0310. The first kappa shape index (κ1) is 13.0. The van der Waals surface area contributed by atoms with Crippen molar-refractivity contribution in [3.8, 4) is 17.0 Å². The lowest BCUT2D eigenvalue weighted by Gasteiger charge is -2.08. The maximum atomic E-state index is 11.2. The van der Waals surface area contributed by atoms with Crippen molar-refractivity contribution in [3.63, 3.8) is 0 Å². The third-order valence-electron chi connectivity index (χ3n) is 2.77. The highest BCUT2D eigenvalue weighted by Crippen LogP contribution is 2.25. The van der Waals surface area contributed by atoms with Crippen LogP contribution in [0.5, 0.6) is 5.75 Å². The van der Waals surface area contributed by atoms with E-state index >= 15 is 0 Å². The number of nitrogens with zero attached hydrogens (tertiary/aromatic N) is 2. The number of carbonyl (C=O) groups is 1. The molecule has 19 heavy (non-hydrogen) atoms. The normalized spacial score (nSPS) is 10.3. The number of rotatable bonds is 3. The van der Waals surface area contributed by atoms with Gasteiger partial charge in [0.15, 0.2) is 0 Å². The molecule has 1 aromatic heterocycles. The zero-order valence-corrected chi connectivity index (χ0v) is 11.1. The van der Waals surface area contributed by atoms with Crippen molar-refractivity contribution < 1.29 is 9.53 Å². The van der Waals surface area contributed by atoms with Crippen LogP contribution in [0.15, 0.2) is 24.3 Å². The Bertz CT molecular complexity index is 639. The van der Waals surface area contributed by atoms with Gasteiger partial charge in [0.05, 0.1) is 12.8 Å². The second kappa shape index (κ2) is 5.06. The molecule has 0 atom stereocenters. The van der Waals surface area contributed by atoms with Crippen molar-refractivity contribution in [1.29, 1.82) is 0 Å². The second-order valence-corrected chi connectivity index (χ2v) is 4.27. The van der Waals surface area contributed by atoms with Gasteiger partial charge in [0, 0.05) is 11.3 Å². The SMILES string of the molecule is COc1ccc(-c2cc(C)nc(C(N)=O)n2)cc1C. The molecular formula is C14H15N3O2. The number of primary amides is 1. The van der Waals surface area contributed by atoms with Crippen LogP contribution < -0.4 is 10.5 Å². The first-order valence-electron chi connectivity index (χ1n) is 5.81. The number of nitrogens with two attached hydrogens (primary N) is 1. The number of hydrogen-bond donors (Lipinski definition) is 1. The highest BCUT2D eigenvalue weighted by Gasteiger charge is 2.10. The molecule has 5 heteroatoms. The van der Waals surface area contributed by atoms with E-state index in [9.17, 15) is 4.79 Å². The number of benzene rings is 1. The number of carbonyl (C=O) groups excluding carboxylic acids is 1. The van der Waals surface area contributed by atoms with E-state index < -0.39 is 5.91 Å². The van der Waals surface area contributed by atoms with E-state index in [-0.39, 0.29) is 5.82 Å². The summed E-state index contributed by atoms with van der Waals surface area (Å²) in [6, 6.07) is 7.52. The van der Waals surface area contributed by atoms with Crippen molar-refractivity contribution in [1.82, 2.24) is 9.97 Å². The molecule has 0 bridgehead atoms. The molecule has 98 valence electrons. The number of amides is 1. The average Bonchev–Trinajstić information content (AvgIpc) is 2.37. The quantitative estimate of drug-likeness (QED) is 0.910. The smallest absolute Gasteiger partial charge is 0.286 e. The van der Waals surface area contributed by atoms with Gasteiger partial charge in [0.25, 0.3) is 5.91 Å². The predicted octanol–water partition coefficient (Wildman–Crippen LogP) is 1.87. The summed E-state index contributed by atoms with van der Waals surface area (Å²) in [5.41, 5.74) is 8.49. The number of aryl methyl sites for hydroxylation is 2. The minimum atomic E-state index is -0.629. The molecule has 1 heterocycles. The summed E-state index contributed by atoms with van der Waals surface area (Å²) in [6.45, 7) is 3.75. The van der Waals surface area contributed by atoms with Crippen molar-refractivity contribution >= 4 is 5.91 Å². The van der Waals surface area contributed by atoms with Crippen LogP contribution in [0.3, 0.4) is 0 Å². The number of aromatic nitrogens is 2. The van der Waals surface area contributed by atoms with Crippen LogP contribution in [0.2, 0.25) is 0 Å². The Hall–Kier alpha value is -2.43. The molecule has 0 unspecified atom stereocenters. The van der Waals surface area contributed by atoms with Crippen LogP contribution in [-0.4, -0.2) is 23.0 Å². The van der Waals surface area contributed by atoms with Gasteiger partial charge in [-0.15, -0.1) is 0 Å². The third-order valence-corrected chi connectivity index (χ3v) is 2.77. The first-order chi connectivity index (χ1) is 9.01. The van der Waals surface area contributed by atoms with E-state index in [1.54, 1.807) is 14.0 Å². The molecule has 0 saturated heterocycles. The molecule has 0 saturated carbocycles. The fraction of sp³-hybridized carbons (Fsp3) is 0.214. The summed E-state index contributed by atoms with van der Waals surface area (Å²) < 4.78 is 5.21. The maximum Gasteiger partial charge on any atom is 0.286 e. The van der Waals surface area contributed by atoms with Gasteiger partial charge >= 0.3 is 0 Å². The maximum absolute atomic E-state index is 11.2. The van der Waals surface area contributed by atoms with E-state index in [4.69, 9.17) is 10.5 Å². The van der Waals surface area contributed by atoms with Gasteiger partial charge in [0.1, 0.15) is 5.75 Å². The Morgan fingerprint density at radius 3 is 2.53 bits per heavy atom. The fourth-order valence-corrected chi connectivity index (χ4v) is 1.86. The molecule has 0 aliphatic carbocycles. The Morgan fingerprint density at radius 1 is 1.21 bits per heavy atom. The van der Waals surface area contributed by atoms with Crippen molar-refractivity contribution in [3.05, 3.63) is 41.3 Å². The van der Waals surface area contributed by atoms with Gasteiger partial charge in [-0.1, -0.05) is 0 Å². The average molecular weight is 257 g/mol. The lowest BCUT2D eigenvalue weighted by Crippen LogP contribution is -2.16. The van der Waals surface area contributed by atoms with Gasteiger partial charge in [-0.05, 0) is 43.7 Å². The van der Waals surface area contributed by atoms with Gasteiger partial charge < -0.3 is 10.5 Å². The van der Waals surface area contributed by atoms with E-state index in [1.165, 1.54) is 0 Å². The van der Waals surface area contributed by atoms with Crippen LogP contribution in [-0.2, 0) is 0 Å². The summed E-state index contributed by atoms with van der Waals surface area (Å²) in [6.07, 6.45) is 0. The number of methoxy groups -OCH3 is 1. The van der Waals surface area contributed by atoms with Gasteiger partial charge in [-0.3, -0.25) is 4.79 Å². The molecular weight excluding hydrogens is 242 g/mol. The topological polar surface area (TPSA) is 78.1 Å². The molecule has 0 radical (unpaired) electrons. The Labute approximate surface area is 111 Å². The van der Waals surface area contributed by atoms with E-state index in [1.807, 2.05) is 31.2 Å². The highest BCUT2D eigenvalue weighted by molar-refractivity contribution is 5.89. The first-order valence-corrected chi connectivity index (χ1v) is 5.81. The van der Waals surface area contributed by atoms with Gasteiger partial charge in [-0.2, -0.15) is 0 Å². The second-order valence-electron chi connectivity index (χ2n) is 4.27. The highest BCUT2D eigenvalue weighted by atomic mass is 16.5. The van der Waals surface area contributed by atoms with Crippen LogP contribution in [0.4, 0.5) is 0 Å². The molecule has 0 aliphatic rings. The van der Waals surface area contributed by atoms with Crippen LogP contribution in [0, 0.1) is 13.8 Å². The van der Waals surface area contributed by atoms with Crippen molar-refractivity contribution in [2.24, 2.45) is 5.73 Å². The molecule has 1 amide bonds. The Morgan fingerprint density at radius 2 is 1.95 bits per heavy atom. The van der Waals surface area contributed by atoms with E-state index in [0.717, 1.165) is 16.9 Å². The third kappa shape index (κ3) is 2.70. The van der Waals surface area contributed by atoms with Crippen molar-refractivity contribution in [2.75, 3.05) is 7.11 Å². The summed E-state index contributed by atoms with van der Waals surface area (Å²) >= 11 is 0. The van der Waals surface area contributed by atoms with Gasteiger partial charge in [-0.25, -0.2) is 9.97 Å². The Kier molecular flexibility index (Phi) is 3.46. The van der Waals surface area contributed by atoms with E-state index in [2.05, 4.69) is 9.97 Å². The largest absolute Gasteiger partial charge is 0.496 e. The lowest BCUT2D eigenvalue weighted by molar-refractivity contribution is 0.0990.